The maximum Gasteiger partial charge on any atom is 0.122 e. The van der Waals surface area contributed by atoms with Crippen molar-refractivity contribution in [1.82, 2.24) is 4.90 Å². The molecule has 0 spiro atoms. The third kappa shape index (κ3) is 5.49. The third-order valence-electron chi connectivity index (χ3n) is 5.04. The Hall–Kier alpha value is -2.52. The SMILES string of the molecule is C=c1c(O)ccc(CN2CCN(c3ccc(C)cc3)CC2)/c1=C/C=C\C.CC. The van der Waals surface area contributed by atoms with E-state index in [2.05, 4.69) is 47.6 Å². The summed E-state index contributed by atoms with van der Waals surface area (Å²) in [6, 6.07) is 12.6. The maximum absolute atomic E-state index is 9.98. The molecule has 1 heterocycles. The van der Waals surface area contributed by atoms with E-state index < -0.39 is 0 Å². The van der Waals surface area contributed by atoms with E-state index >= 15 is 0 Å². The van der Waals surface area contributed by atoms with E-state index in [1.165, 1.54) is 16.8 Å². The topological polar surface area (TPSA) is 26.7 Å². The van der Waals surface area contributed by atoms with Crippen molar-refractivity contribution in [3.8, 4) is 5.75 Å². The van der Waals surface area contributed by atoms with Crippen LogP contribution in [0.3, 0.4) is 0 Å². The fraction of sp³-hybridized carbons (Fsp3) is 0.360. The molecule has 3 heteroatoms. The molecule has 0 amide bonds. The molecule has 3 rings (SSSR count). The molecule has 0 atom stereocenters. The Morgan fingerprint density at radius 3 is 2.25 bits per heavy atom. The first-order chi connectivity index (χ1) is 13.6. The number of allylic oxidation sites excluding steroid dienone is 2. The number of anilines is 1. The Kier molecular flexibility index (Phi) is 8.34. The summed E-state index contributed by atoms with van der Waals surface area (Å²) in [6.07, 6.45) is 6.04. The van der Waals surface area contributed by atoms with E-state index in [9.17, 15) is 5.11 Å². The minimum atomic E-state index is 0.258. The zero-order valence-corrected chi connectivity index (χ0v) is 17.8. The first kappa shape index (κ1) is 21.8. The number of aromatic hydroxyl groups is 1. The smallest absolute Gasteiger partial charge is 0.122 e. The van der Waals surface area contributed by atoms with Crippen LogP contribution >= 0.6 is 0 Å². The van der Waals surface area contributed by atoms with E-state index in [1.54, 1.807) is 6.07 Å². The van der Waals surface area contributed by atoms with Crippen LogP contribution in [-0.4, -0.2) is 36.2 Å². The Balaban J connectivity index is 0.00000136. The highest BCUT2D eigenvalue weighted by Gasteiger charge is 2.17. The molecule has 2 aromatic rings. The van der Waals surface area contributed by atoms with Crippen molar-refractivity contribution >= 4 is 18.3 Å². The number of hydrogen-bond donors (Lipinski definition) is 1. The summed E-state index contributed by atoms with van der Waals surface area (Å²) >= 11 is 0. The van der Waals surface area contributed by atoms with Gasteiger partial charge in [0.2, 0.25) is 0 Å². The molecule has 0 radical (unpaired) electrons. The largest absolute Gasteiger partial charge is 0.507 e. The van der Waals surface area contributed by atoms with Crippen LogP contribution < -0.4 is 15.3 Å². The number of benzene rings is 2. The van der Waals surface area contributed by atoms with Crippen molar-refractivity contribution in [2.45, 2.75) is 34.2 Å². The molecule has 1 N–H and O–H groups in total. The summed E-state index contributed by atoms with van der Waals surface area (Å²) in [7, 11) is 0. The number of phenols is 1. The van der Waals surface area contributed by atoms with Crippen LogP contribution in [0.1, 0.15) is 31.9 Å². The Labute approximate surface area is 169 Å². The summed E-state index contributed by atoms with van der Waals surface area (Å²) in [5, 5.41) is 11.7. The minimum absolute atomic E-state index is 0.258. The molecule has 0 aromatic heterocycles. The molecule has 1 aliphatic heterocycles. The van der Waals surface area contributed by atoms with E-state index in [-0.39, 0.29) is 5.75 Å². The standard InChI is InChI=1S/C23H28N2O.C2H6/c1-4-5-6-22-19(3)23(26)12-9-20(22)17-24-13-15-25(16-14-24)21-10-7-18(2)8-11-21;1-2/h4-12,26H,3,13-17H2,1-2H3;1-2H3/b5-4-,22-6+;. The van der Waals surface area contributed by atoms with Gasteiger partial charge in [-0.25, -0.2) is 0 Å². The van der Waals surface area contributed by atoms with Crippen LogP contribution in [0.25, 0.3) is 12.7 Å². The zero-order chi connectivity index (χ0) is 20.5. The quantitative estimate of drug-likeness (QED) is 0.876. The van der Waals surface area contributed by atoms with Crippen molar-refractivity contribution in [3.05, 3.63) is 70.1 Å². The molecule has 1 saturated heterocycles. The Morgan fingerprint density at radius 2 is 1.64 bits per heavy atom. The summed E-state index contributed by atoms with van der Waals surface area (Å²) < 4.78 is 0. The second-order valence-electron chi connectivity index (χ2n) is 6.93. The molecule has 1 aliphatic rings. The Morgan fingerprint density at radius 1 is 1.00 bits per heavy atom. The number of nitrogens with zero attached hydrogens (tertiary/aromatic N) is 2. The van der Waals surface area contributed by atoms with Gasteiger partial charge < -0.3 is 10.0 Å². The summed E-state index contributed by atoms with van der Waals surface area (Å²) in [4.78, 5) is 4.93. The second kappa shape index (κ2) is 10.7. The highest BCUT2D eigenvalue weighted by Crippen LogP contribution is 2.17. The van der Waals surface area contributed by atoms with Crippen molar-refractivity contribution < 1.29 is 5.11 Å². The monoisotopic (exact) mass is 378 g/mol. The molecule has 0 bridgehead atoms. The van der Waals surface area contributed by atoms with Crippen LogP contribution in [0.2, 0.25) is 0 Å². The van der Waals surface area contributed by atoms with Crippen molar-refractivity contribution in [2.24, 2.45) is 0 Å². The summed E-state index contributed by atoms with van der Waals surface area (Å²) in [6.45, 7) is 17.2. The van der Waals surface area contributed by atoms with Crippen LogP contribution in [-0.2, 0) is 6.54 Å². The average molecular weight is 379 g/mol. The van der Waals surface area contributed by atoms with Gasteiger partial charge in [0, 0.05) is 43.6 Å². The van der Waals surface area contributed by atoms with Gasteiger partial charge in [-0.3, -0.25) is 4.90 Å². The number of aryl methyl sites for hydroxylation is 1. The van der Waals surface area contributed by atoms with Crippen LogP contribution in [0.4, 0.5) is 5.69 Å². The number of piperazine rings is 1. The number of phenolic OH excluding ortho intramolecular Hbond substituents is 1. The van der Waals surface area contributed by atoms with E-state index in [4.69, 9.17) is 0 Å². The lowest BCUT2D eigenvalue weighted by atomic mass is 10.1. The lowest BCUT2D eigenvalue weighted by Gasteiger charge is -2.36. The van der Waals surface area contributed by atoms with Gasteiger partial charge in [-0.1, -0.05) is 62.4 Å². The first-order valence-corrected chi connectivity index (χ1v) is 10.3. The molecular weight excluding hydrogens is 344 g/mol. The van der Waals surface area contributed by atoms with Crippen LogP contribution in [0.5, 0.6) is 5.75 Å². The van der Waals surface area contributed by atoms with Crippen molar-refractivity contribution in [1.29, 1.82) is 0 Å². The lowest BCUT2D eigenvalue weighted by molar-refractivity contribution is 0.249. The van der Waals surface area contributed by atoms with Gasteiger partial charge in [0.1, 0.15) is 5.75 Å². The highest BCUT2D eigenvalue weighted by atomic mass is 16.3. The zero-order valence-electron chi connectivity index (χ0n) is 17.8. The molecule has 0 saturated carbocycles. The van der Waals surface area contributed by atoms with Gasteiger partial charge in [-0.05, 0) is 42.8 Å². The second-order valence-corrected chi connectivity index (χ2v) is 6.93. The van der Waals surface area contributed by atoms with Crippen LogP contribution in [0, 0.1) is 6.92 Å². The predicted molar refractivity (Wildman–Crippen MR) is 122 cm³/mol. The minimum Gasteiger partial charge on any atom is -0.507 e. The Bertz CT molecular complexity index is 876. The molecule has 3 nitrogen and oxygen atoms in total. The number of rotatable bonds is 4. The predicted octanol–water partition coefficient (Wildman–Crippen LogP) is 3.82. The highest BCUT2D eigenvalue weighted by molar-refractivity contribution is 5.48. The molecule has 0 unspecified atom stereocenters. The van der Waals surface area contributed by atoms with Gasteiger partial charge in [-0.15, -0.1) is 0 Å². The fourth-order valence-corrected chi connectivity index (χ4v) is 3.40. The van der Waals surface area contributed by atoms with E-state index in [1.807, 2.05) is 45.1 Å². The molecular formula is C25H34N2O. The molecule has 1 fully saturated rings. The van der Waals surface area contributed by atoms with Gasteiger partial charge in [0.25, 0.3) is 0 Å². The molecule has 0 aliphatic carbocycles. The normalized spacial score (nSPS) is 15.6. The fourth-order valence-electron chi connectivity index (χ4n) is 3.40. The lowest BCUT2D eigenvalue weighted by Crippen LogP contribution is -2.46. The third-order valence-corrected chi connectivity index (χ3v) is 5.04. The van der Waals surface area contributed by atoms with Gasteiger partial charge >= 0.3 is 0 Å². The maximum atomic E-state index is 9.98. The van der Waals surface area contributed by atoms with Crippen LogP contribution in [0.15, 0.2) is 48.6 Å². The molecule has 150 valence electrons. The molecule has 2 aromatic carbocycles. The first-order valence-electron chi connectivity index (χ1n) is 10.3. The molecule has 28 heavy (non-hydrogen) atoms. The van der Waals surface area contributed by atoms with Gasteiger partial charge in [0.15, 0.2) is 0 Å². The van der Waals surface area contributed by atoms with Crippen molar-refractivity contribution in [2.75, 3.05) is 31.1 Å². The summed E-state index contributed by atoms with van der Waals surface area (Å²) in [5.74, 6) is 0.258. The van der Waals surface area contributed by atoms with Crippen molar-refractivity contribution in [3.63, 3.8) is 0 Å². The van der Waals surface area contributed by atoms with Gasteiger partial charge in [-0.2, -0.15) is 0 Å². The summed E-state index contributed by atoms with van der Waals surface area (Å²) in [5.41, 5.74) is 3.82. The van der Waals surface area contributed by atoms with Gasteiger partial charge in [0.05, 0.1) is 0 Å². The van der Waals surface area contributed by atoms with E-state index in [0.29, 0.717) is 5.22 Å². The average Bonchev–Trinajstić information content (AvgIpc) is 2.73. The van der Waals surface area contributed by atoms with E-state index in [0.717, 1.165) is 37.9 Å². The number of hydrogen-bond acceptors (Lipinski definition) is 3.